The van der Waals surface area contributed by atoms with Crippen molar-refractivity contribution in [3.63, 3.8) is 0 Å². The maximum atomic E-state index is 5.49. The fourth-order valence-corrected chi connectivity index (χ4v) is 3.53. The average Bonchev–Trinajstić information content (AvgIpc) is 3.20. The van der Waals surface area contributed by atoms with E-state index in [4.69, 9.17) is 9.73 Å². The van der Waals surface area contributed by atoms with Crippen LogP contribution in [-0.2, 0) is 4.74 Å². The molecule has 6 heteroatoms. The molecular formula is C16H26N4OS. The quantitative estimate of drug-likeness (QED) is 0.620. The minimum atomic E-state index is 0.360. The minimum absolute atomic E-state index is 0.360. The lowest BCUT2D eigenvalue weighted by atomic mass is 10.2. The lowest BCUT2D eigenvalue weighted by Gasteiger charge is -2.33. The number of nitrogens with one attached hydrogen (secondary N) is 2. The van der Waals surface area contributed by atoms with Crippen LogP contribution in [0.3, 0.4) is 0 Å². The van der Waals surface area contributed by atoms with Crippen LogP contribution >= 0.6 is 11.3 Å². The number of guanidine groups is 1. The zero-order chi connectivity index (χ0) is 15.2. The lowest BCUT2D eigenvalue weighted by Crippen LogP contribution is -2.42. The van der Waals surface area contributed by atoms with E-state index in [1.807, 2.05) is 11.3 Å². The molecule has 0 bridgehead atoms. The largest absolute Gasteiger partial charge is 0.379 e. The number of hydrogen-bond donors (Lipinski definition) is 2. The summed E-state index contributed by atoms with van der Waals surface area (Å²) in [5.41, 5.74) is 0. The van der Waals surface area contributed by atoms with E-state index in [0.29, 0.717) is 12.1 Å². The van der Waals surface area contributed by atoms with Gasteiger partial charge in [-0.25, -0.2) is 0 Å². The van der Waals surface area contributed by atoms with Crippen LogP contribution in [0.5, 0.6) is 0 Å². The van der Waals surface area contributed by atoms with Gasteiger partial charge in [-0.15, -0.1) is 11.3 Å². The molecule has 0 spiro atoms. The van der Waals surface area contributed by atoms with Gasteiger partial charge in [-0.2, -0.15) is 0 Å². The Kier molecular flexibility index (Phi) is 5.70. The number of rotatable bonds is 6. The van der Waals surface area contributed by atoms with Gasteiger partial charge in [0.05, 0.1) is 25.8 Å². The number of aliphatic imine (C=N–C) groups is 1. The first-order chi connectivity index (χ1) is 10.9. The maximum Gasteiger partial charge on any atom is 0.191 e. The first-order valence-electron chi connectivity index (χ1n) is 8.27. The maximum absolute atomic E-state index is 5.49. The zero-order valence-electron chi connectivity index (χ0n) is 13.3. The smallest absolute Gasteiger partial charge is 0.191 e. The lowest BCUT2D eigenvalue weighted by molar-refractivity contribution is 0.0186. The van der Waals surface area contributed by atoms with Crippen molar-refractivity contribution in [2.75, 3.05) is 39.4 Å². The number of morpholine rings is 1. The van der Waals surface area contributed by atoms with Crippen molar-refractivity contribution < 1.29 is 4.74 Å². The van der Waals surface area contributed by atoms with Crippen molar-refractivity contribution in [1.29, 1.82) is 0 Å². The Hall–Kier alpha value is -1.11. The van der Waals surface area contributed by atoms with E-state index in [1.165, 1.54) is 17.7 Å². The van der Waals surface area contributed by atoms with E-state index in [-0.39, 0.29) is 0 Å². The second kappa shape index (κ2) is 7.94. The number of ether oxygens (including phenoxy) is 1. The number of nitrogens with zero attached hydrogens (tertiary/aromatic N) is 2. The monoisotopic (exact) mass is 322 g/mol. The molecule has 1 aromatic rings. The van der Waals surface area contributed by atoms with E-state index in [1.54, 1.807) is 0 Å². The molecule has 2 N–H and O–H groups in total. The summed E-state index contributed by atoms with van der Waals surface area (Å²) in [6.07, 6.45) is 2.53. The molecule has 1 saturated carbocycles. The molecule has 22 heavy (non-hydrogen) atoms. The normalized spacial score (nSPS) is 21.6. The van der Waals surface area contributed by atoms with Crippen molar-refractivity contribution >= 4 is 17.3 Å². The molecule has 1 aliphatic heterocycles. The van der Waals surface area contributed by atoms with Crippen LogP contribution in [0.25, 0.3) is 0 Å². The van der Waals surface area contributed by atoms with Gasteiger partial charge in [0.1, 0.15) is 0 Å². The fraction of sp³-hybridized carbons (Fsp3) is 0.688. The molecule has 1 aromatic heterocycles. The third-order valence-corrected chi connectivity index (χ3v) is 5.02. The second-order valence-electron chi connectivity index (χ2n) is 5.82. The summed E-state index contributed by atoms with van der Waals surface area (Å²) in [5, 5.41) is 9.00. The van der Waals surface area contributed by atoms with Crippen LogP contribution in [-0.4, -0.2) is 56.3 Å². The molecule has 3 rings (SSSR count). The predicted octanol–water partition coefficient (Wildman–Crippen LogP) is 1.84. The van der Waals surface area contributed by atoms with E-state index < -0.39 is 0 Å². The van der Waals surface area contributed by atoms with E-state index in [9.17, 15) is 0 Å². The van der Waals surface area contributed by atoms with Gasteiger partial charge < -0.3 is 15.4 Å². The Morgan fingerprint density at radius 1 is 1.45 bits per heavy atom. The highest BCUT2D eigenvalue weighted by molar-refractivity contribution is 7.10. The Morgan fingerprint density at radius 2 is 2.27 bits per heavy atom. The van der Waals surface area contributed by atoms with Crippen LogP contribution in [0.2, 0.25) is 0 Å². The van der Waals surface area contributed by atoms with Crippen LogP contribution in [0.15, 0.2) is 22.5 Å². The van der Waals surface area contributed by atoms with Gasteiger partial charge in [0, 0.05) is 30.6 Å². The van der Waals surface area contributed by atoms with Gasteiger partial charge in [-0.1, -0.05) is 6.07 Å². The van der Waals surface area contributed by atoms with Crippen LogP contribution in [0, 0.1) is 0 Å². The second-order valence-corrected chi connectivity index (χ2v) is 6.80. The zero-order valence-corrected chi connectivity index (χ0v) is 14.1. The summed E-state index contributed by atoms with van der Waals surface area (Å²) in [6.45, 7) is 7.44. The number of hydrogen-bond acceptors (Lipinski definition) is 4. The molecule has 2 heterocycles. The van der Waals surface area contributed by atoms with Gasteiger partial charge in [0.2, 0.25) is 0 Å². The van der Waals surface area contributed by atoms with Crippen molar-refractivity contribution in [3.05, 3.63) is 22.4 Å². The van der Waals surface area contributed by atoms with Crippen LogP contribution < -0.4 is 10.6 Å². The minimum Gasteiger partial charge on any atom is -0.379 e. The Balaban J connectivity index is 1.67. The Labute approximate surface area is 136 Å². The van der Waals surface area contributed by atoms with Crippen LogP contribution in [0.1, 0.15) is 30.7 Å². The highest BCUT2D eigenvalue weighted by Crippen LogP contribution is 2.26. The first-order valence-corrected chi connectivity index (χ1v) is 9.15. The summed E-state index contributed by atoms with van der Waals surface area (Å²) in [4.78, 5) is 8.74. The molecule has 2 fully saturated rings. The van der Waals surface area contributed by atoms with E-state index in [0.717, 1.165) is 45.4 Å². The molecule has 122 valence electrons. The average molecular weight is 322 g/mol. The topological polar surface area (TPSA) is 48.9 Å². The molecule has 0 radical (unpaired) electrons. The van der Waals surface area contributed by atoms with Gasteiger partial charge in [-0.3, -0.25) is 9.89 Å². The van der Waals surface area contributed by atoms with Crippen molar-refractivity contribution in [1.82, 2.24) is 15.5 Å². The summed E-state index contributed by atoms with van der Waals surface area (Å²) in [6, 6.07) is 5.34. The van der Waals surface area contributed by atoms with Gasteiger partial charge in [0.15, 0.2) is 5.96 Å². The molecule has 1 unspecified atom stereocenters. The fourth-order valence-electron chi connectivity index (χ4n) is 2.67. The van der Waals surface area contributed by atoms with Gasteiger partial charge >= 0.3 is 0 Å². The highest BCUT2D eigenvalue weighted by Gasteiger charge is 2.25. The van der Waals surface area contributed by atoms with Crippen molar-refractivity contribution in [2.45, 2.75) is 31.8 Å². The molecule has 1 atom stereocenters. The Morgan fingerprint density at radius 3 is 2.91 bits per heavy atom. The van der Waals surface area contributed by atoms with Crippen molar-refractivity contribution in [3.8, 4) is 0 Å². The summed E-state index contributed by atoms with van der Waals surface area (Å²) in [7, 11) is 0. The third-order valence-electron chi connectivity index (χ3n) is 4.04. The molecule has 1 saturated heterocycles. The highest BCUT2D eigenvalue weighted by atomic mass is 32.1. The van der Waals surface area contributed by atoms with E-state index in [2.05, 4.69) is 40.0 Å². The SMILES string of the molecule is CCNC(=NCC(c1cccs1)N1CCOCC1)NC1CC1. The van der Waals surface area contributed by atoms with Crippen molar-refractivity contribution in [2.24, 2.45) is 4.99 Å². The van der Waals surface area contributed by atoms with Gasteiger partial charge in [-0.05, 0) is 31.2 Å². The van der Waals surface area contributed by atoms with Crippen LogP contribution in [0.4, 0.5) is 0 Å². The molecule has 5 nitrogen and oxygen atoms in total. The molecule has 1 aliphatic carbocycles. The Bertz CT molecular complexity index is 467. The number of thiophene rings is 1. The molecule has 2 aliphatic rings. The molecule has 0 aromatic carbocycles. The summed E-state index contributed by atoms with van der Waals surface area (Å²) in [5.74, 6) is 0.958. The predicted molar refractivity (Wildman–Crippen MR) is 91.6 cm³/mol. The summed E-state index contributed by atoms with van der Waals surface area (Å²) < 4.78 is 5.49. The molecule has 0 amide bonds. The van der Waals surface area contributed by atoms with Gasteiger partial charge in [0.25, 0.3) is 0 Å². The first kappa shape index (κ1) is 15.8. The standard InChI is InChI=1S/C16H26N4OS/c1-2-17-16(19-13-5-6-13)18-12-14(15-4-3-11-22-15)20-7-9-21-10-8-20/h3-4,11,13-14H,2,5-10,12H2,1H3,(H2,17,18,19). The third kappa shape index (κ3) is 4.44. The molecular weight excluding hydrogens is 296 g/mol. The summed E-state index contributed by atoms with van der Waals surface area (Å²) >= 11 is 1.82. The van der Waals surface area contributed by atoms with E-state index >= 15 is 0 Å².